The van der Waals surface area contributed by atoms with Gasteiger partial charge in [0.1, 0.15) is 11.9 Å². The van der Waals surface area contributed by atoms with Crippen LogP contribution in [-0.2, 0) is 16.0 Å². The Bertz CT molecular complexity index is 1130. The third kappa shape index (κ3) is 5.68. The van der Waals surface area contributed by atoms with Crippen LogP contribution in [0.25, 0.3) is 11.4 Å². The van der Waals surface area contributed by atoms with Crippen LogP contribution in [0.5, 0.6) is 0 Å². The largest absolute Gasteiger partial charge is 0.344 e. The van der Waals surface area contributed by atoms with Crippen molar-refractivity contribution >= 4 is 11.8 Å². The van der Waals surface area contributed by atoms with E-state index in [-0.39, 0.29) is 35.9 Å². The van der Waals surface area contributed by atoms with Gasteiger partial charge in [-0.15, -0.1) is 0 Å². The van der Waals surface area contributed by atoms with Gasteiger partial charge in [0.05, 0.1) is 12.3 Å². The lowest BCUT2D eigenvalue weighted by molar-refractivity contribution is -0.138. The first-order valence-electron chi connectivity index (χ1n) is 11.6. The summed E-state index contributed by atoms with van der Waals surface area (Å²) in [5.41, 5.74) is 1.44. The van der Waals surface area contributed by atoms with Crippen molar-refractivity contribution < 1.29 is 18.5 Å². The first-order valence-corrected chi connectivity index (χ1v) is 11.6. The minimum absolute atomic E-state index is 0.0596. The number of halogens is 1. The van der Waals surface area contributed by atoms with Crippen LogP contribution in [0.2, 0.25) is 0 Å². The fraction of sp³-hybridized carbons (Fsp3) is 0.385. The average molecular weight is 465 g/mol. The molecule has 34 heavy (non-hydrogen) atoms. The predicted octanol–water partition coefficient (Wildman–Crippen LogP) is 3.97. The molecule has 4 rings (SSSR count). The summed E-state index contributed by atoms with van der Waals surface area (Å²) < 4.78 is 19.0. The van der Waals surface area contributed by atoms with Gasteiger partial charge in [0.25, 0.3) is 0 Å². The number of likely N-dealkylation sites (tertiary alicyclic amines) is 1. The van der Waals surface area contributed by atoms with Gasteiger partial charge in [-0.3, -0.25) is 9.59 Å². The summed E-state index contributed by atoms with van der Waals surface area (Å²) in [5, 5.41) is 6.93. The Kier molecular flexibility index (Phi) is 7.35. The number of carbonyl (C=O) groups is 2. The molecule has 0 saturated carbocycles. The van der Waals surface area contributed by atoms with Crippen LogP contribution in [0.15, 0.2) is 59.1 Å². The number of hydrogen-bond acceptors (Lipinski definition) is 5. The first kappa shape index (κ1) is 23.6. The number of hydrogen-bond donors (Lipinski definition) is 1. The van der Waals surface area contributed by atoms with Crippen molar-refractivity contribution in [2.75, 3.05) is 13.1 Å². The molecule has 1 aromatic heterocycles. The van der Waals surface area contributed by atoms with Crippen LogP contribution >= 0.6 is 0 Å². The summed E-state index contributed by atoms with van der Waals surface area (Å²) in [6.45, 7) is 4.89. The molecule has 178 valence electrons. The molecular formula is C26H29FN4O3. The van der Waals surface area contributed by atoms with Crippen molar-refractivity contribution in [2.45, 2.75) is 45.1 Å². The van der Waals surface area contributed by atoms with E-state index < -0.39 is 6.04 Å². The zero-order valence-electron chi connectivity index (χ0n) is 19.4. The molecule has 1 N–H and O–H groups in total. The standard InChI is InChI=1S/C26H29FN4O3/c1-17(2)23(28-22(32)14-18-8-4-3-5-9-18)26(33)31-13-7-11-20(16-31)25-29-24(30-34-25)19-10-6-12-21(27)15-19/h3-6,8-10,12,15,17,20,23H,7,11,13-14,16H2,1-2H3,(H,28,32). The van der Waals surface area contributed by atoms with Crippen LogP contribution in [0.4, 0.5) is 4.39 Å². The molecule has 0 radical (unpaired) electrons. The lowest BCUT2D eigenvalue weighted by atomic mass is 9.95. The van der Waals surface area contributed by atoms with E-state index in [9.17, 15) is 14.0 Å². The van der Waals surface area contributed by atoms with E-state index in [0.717, 1.165) is 18.4 Å². The number of benzene rings is 2. The average Bonchev–Trinajstić information content (AvgIpc) is 3.33. The Balaban J connectivity index is 1.42. The maximum atomic E-state index is 13.5. The number of piperidine rings is 1. The summed E-state index contributed by atoms with van der Waals surface area (Å²) in [4.78, 5) is 32.2. The molecule has 7 nitrogen and oxygen atoms in total. The molecule has 1 fully saturated rings. The Morgan fingerprint density at radius 1 is 1.18 bits per heavy atom. The van der Waals surface area contributed by atoms with E-state index >= 15 is 0 Å². The van der Waals surface area contributed by atoms with Gasteiger partial charge in [0.2, 0.25) is 23.5 Å². The molecule has 0 spiro atoms. The van der Waals surface area contributed by atoms with Gasteiger partial charge in [-0.25, -0.2) is 4.39 Å². The first-order chi connectivity index (χ1) is 16.4. The summed E-state index contributed by atoms with van der Waals surface area (Å²) in [7, 11) is 0. The second-order valence-electron chi connectivity index (χ2n) is 9.04. The SMILES string of the molecule is CC(C)C(NC(=O)Cc1ccccc1)C(=O)N1CCCC(c2nc(-c3cccc(F)c3)no2)C1. The van der Waals surface area contributed by atoms with E-state index in [0.29, 0.717) is 30.4 Å². The quantitative estimate of drug-likeness (QED) is 0.572. The number of amides is 2. The van der Waals surface area contributed by atoms with Crippen LogP contribution in [0, 0.1) is 11.7 Å². The highest BCUT2D eigenvalue weighted by atomic mass is 19.1. The fourth-order valence-electron chi connectivity index (χ4n) is 4.24. The number of rotatable bonds is 7. The van der Waals surface area contributed by atoms with E-state index in [1.54, 1.807) is 17.0 Å². The van der Waals surface area contributed by atoms with Gasteiger partial charge in [0, 0.05) is 18.7 Å². The molecule has 1 aliphatic heterocycles. The van der Waals surface area contributed by atoms with Gasteiger partial charge in [-0.2, -0.15) is 4.98 Å². The van der Waals surface area contributed by atoms with Crippen molar-refractivity contribution in [1.29, 1.82) is 0 Å². The molecular weight excluding hydrogens is 435 g/mol. The lowest BCUT2D eigenvalue weighted by Gasteiger charge is -2.35. The molecule has 0 aliphatic carbocycles. The van der Waals surface area contributed by atoms with Crippen LogP contribution in [-0.4, -0.2) is 46.0 Å². The van der Waals surface area contributed by atoms with Crippen LogP contribution < -0.4 is 5.32 Å². The van der Waals surface area contributed by atoms with Crippen LogP contribution in [0.1, 0.15) is 44.1 Å². The molecule has 1 aliphatic rings. The highest BCUT2D eigenvalue weighted by Gasteiger charge is 2.34. The number of carbonyl (C=O) groups excluding carboxylic acids is 2. The minimum Gasteiger partial charge on any atom is -0.344 e. The van der Waals surface area contributed by atoms with E-state index in [1.165, 1.54) is 12.1 Å². The van der Waals surface area contributed by atoms with Crippen LogP contribution in [0.3, 0.4) is 0 Å². The second-order valence-corrected chi connectivity index (χ2v) is 9.04. The Hall–Kier alpha value is -3.55. The van der Waals surface area contributed by atoms with Crippen molar-refractivity contribution in [2.24, 2.45) is 5.92 Å². The van der Waals surface area contributed by atoms with Crippen molar-refractivity contribution in [3.63, 3.8) is 0 Å². The maximum Gasteiger partial charge on any atom is 0.245 e. The Labute approximate surface area is 198 Å². The molecule has 2 unspecified atom stereocenters. The summed E-state index contributed by atoms with van der Waals surface area (Å²) in [5.74, 6) is -0.0603. The van der Waals surface area contributed by atoms with Crippen molar-refractivity contribution in [3.8, 4) is 11.4 Å². The monoisotopic (exact) mass is 464 g/mol. The number of aromatic nitrogens is 2. The summed E-state index contributed by atoms with van der Waals surface area (Å²) in [6, 6.07) is 14.9. The number of nitrogens with one attached hydrogen (secondary N) is 1. The minimum atomic E-state index is -0.611. The van der Waals surface area contributed by atoms with E-state index in [4.69, 9.17) is 4.52 Å². The van der Waals surface area contributed by atoms with Gasteiger partial charge in [0.15, 0.2) is 0 Å². The summed E-state index contributed by atoms with van der Waals surface area (Å²) in [6.07, 6.45) is 1.82. The second kappa shape index (κ2) is 10.6. The topological polar surface area (TPSA) is 88.3 Å². The molecule has 2 aromatic carbocycles. The zero-order valence-corrected chi connectivity index (χ0v) is 19.4. The predicted molar refractivity (Wildman–Crippen MR) is 125 cm³/mol. The lowest BCUT2D eigenvalue weighted by Crippen LogP contribution is -2.53. The molecule has 2 atom stereocenters. The van der Waals surface area contributed by atoms with Gasteiger partial charge in [-0.05, 0) is 36.5 Å². The van der Waals surface area contributed by atoms with E-state index in [1.807, 2.05) is 44.2 Å². The Morgan fingerprint density at radius 3 is 2.71 bits per heavy atom. The number of nitrogens with zero attached hydrogens (tertiary/aromatic N) is 3. The Morgan fingerprint density at radius 2 is 1.97 bits per heavy atom. The molecule has 1 saturated heterocycles. The van der Waals surface area contributed by atoms with Gasteiger partial charge >= 0.3 is 0 Å². The molecule has 0 bridgehead atoms. The smallest absolute Gasteiger partial charge is 0.245 e. The van der Waals surface area contributed by atoms with Gasteiger partial charge in [-0.1, -0.05) is 61.5 Å². The summed E-state index contributed by atoms with van der Waals surface area (Å²) >= 11 is 0. The molecule has 3 aromatic rings. The van der Waals surface area contributed by atoms with Gasteiger partial charge < -0.3 is 14.7 Å². The van der Waals surface area contributed by atoms with Crippen molar-refractivity contribution in [1.82, 2.24) is 20.4 Å². The molecule has 2 amide bonds. The highest BCUT2D eigenvalue weighted by Crippen LogP contribution is 2.28. The molecule has 8 heteroatoms. The zero-order chi connectivity index (χ0) is 24.1. The highest BCUT2D eigenvalue weighted by molar-refractivity contribution is 5.88. The third-order valence-corrected chi connectivity index (χ3v) is 6.06. The maximum absolute atomic E-state index is 13.5. The van der Waals surface area contributed by atoms with Crippen molar-refractivity contribution in [3.05, 3.63) is 71.9 Å². The third-order valence-electron chi connectivity index (χ3n) is 6.06. The molecule has 2 heterocycles. The normalized spacial score (nSPS) is 16.9. The van der Waals surface area contributed by atoms with E-state index in [2.05, 4.69) is 15.5 Å². The fourth-order valence-corrected chi connectivity index (χ4v) is 4.24.